The number of guanidine groups is 1. The predicted octanol–water partition coefficient (Wildman–Crippen LogP) is 1.71. The Labute approximate surface area is 118 Å². The lowest BCUT2D eigenvalue weighted by atomic mass is 10.3. The highest BCUT2D eigenvalue weighted by atomic mass is 16.5. The number of aryl methyl sites for hydroxylation is 1. The molecular formula is C14H19N5O. The smallest absolute Gasteiger partial charge is 0.193 e. The summed E-state index contributed by atoms with van der Waals surface area (Å²) in [5, 5.41) is 3.04. The molecule has 0 atom stereocenters. The third kappa shape index (κ3) is 4.31. The molecule has 6 nitrogen and oxygen atoms in total. The van der Waals surface area contributed by atoms with Crippen LogP contribution in [0.5, 0.6) is 5.75 Å². The van der Waals surface area contributed by atoms with Gasteiger partial charge in [0.15, 0.2) is 5.96 Å². The van der Waals surface area contributed by atoms with Crippen molar-refractivity contribution in [2.24, 2.45) is 10.7 Å². The number of aliphatic imine (C=N–C) groups is 1. The van der Waals surface area contributed by atoms with Gasteiger partial charge in [-0.15, -0.1) is 0 Å². The maximum absolute atomic E-state index is 5.82. The van der Waals surface area contributed by atoms with Crippen molar-refractivity contribution in [2.75, 3.05) is 19.0 Å². The molecule has 0 amide bonds. The molecule has 3 N–H and O–H groups in total. The fourth-order valence-electron chi connectivity index (χ4n) is 1.73. The molecule has 6 heteroatoms. The number of imidazole rings is 1. The standard InChI is InChI=1S/C14H19N5O/c1-20-13-5-3-12(4-6-13)18-14(15)17-7-2-9-19-10-8-16-11-19/h3-6,8,10-11H,2,7,9H2,1H3,(H3,15,17,18). The number of nitrogens with one attached hydrogen (secondary N) is 1. The molecule has 2 rings (SSSR count). The first-order chi connectivity index (χ1) is 9.78. The van der Waals surface area contributed by atoms with E-state index in [1.807, 2.05) is 35.0 Å². The zero-order valence-corrected chi connectivity index (χ0v) is 11.5. The topological polar surface area (TPSA) is 77.5 Å². The van der Waals surface area contributed by atoms with Crippen LogP contribution in [0, 0.1) is 0 Å². The molecule has 0 saturated heterocycles. The summed E-state index contributed by atoms with van der Waals surface area (Å²) < 4.78 is 7.11. The normalized spacial score (nSPS) is 11.3. The van der Waals surface area contributed by atoms with Crippen molar-refractivity contribution in [2.45, 2.75) is 13.0 Å². The Balaban J connectivity index is 1.75. The number of benzene rings is 1. The zero-order chi connectivity index (χ0) is 14.2. The average Bonchev–Trinajstić information content (AvgIpc) is 2.98. The molecule has 0 radical (unpaired) electrons. The summed E-state index contributed by atoms with van der Waals surface area (Å²) in [6, 6.07) is 7.53. The number of methoxy groups -OCH3 is 1. The molecule has 2 aromatic rings. The van der Waals surface area contributed by atoms with Crippen LogP contribution in [0.2, 0.25) is 0 Å². The highest BCUT2D eigenvalue weighted by Crippen LogP contribution is 2.14. The quantitative estimate of drug-likeness (QED) is 0.477. The summed E-state index contributed by atoms with van der Waals surface area (Å²) in [6.07, 6.45) is 6.41. The molecule has 0 aliphatic carbocycles. The first-order valence-electron chi connectivity index (χ1n) is 6.44. The first kappa shape index (κ1) is 13.9. The first-order valence-corrected chi connectivity index (χ1v) is 6.44. The van der Waals surface area contributed by atoms with Crippen molar-refractivity contribution < 1.29 is 4.74 Å². The summed E-state index contributed by atoms with van der Waals surface area (Å²) in [7, 11) is 1.64. The van der Waals surface area contributed by atoms with Crippen molar-refractivity contribution in [3.8, 4) is 5.75 Å². The van der Waals surface area contributed by atoms with E-state index in [-0.39, 0.29) is 0 Å². The van der Waals surface area contributed by atoms with Gasteiger partial charge in [0, 0.05) is 31.2 Å². The SMILES string of the molecule is COc1ccc(NC(N)=NCCCn2ccnc2)cc1. The molecule has 0 aliphatic rings. The zero-order valence-electron chi connectivity index (χ0n) is 11.5. The van der Waals surface area contributed by atoms with E-state index in [0.29, 0.717) is 12.5 Å². The van der Waals surface area contributed by atoms with Gasteiger partial charge in [0.25, 0.3) is 0 Å². The molecule has 0 saturated carbocycles. The van der Waals surface area contributed by atoms with E-state index in [0.717, 1.165) is 24.4 Å². The third-order valence-electron chi connectivity index (χ3n) is 2.78. The van der Waals surface area contributed by atoms with Crippen molar-refractivity contribution in [3.63, 3.8) is 0 Å². The van der Waals surface area contributed by atoms with Crippen LogP contribution in [0.3, 0.4) is 0 Å². The van der Waals surface area contributed by atoms with Gasteiger partial charge in [-0.3, -0.25) is 4.99 Å². The van der Waals surface area contributed by atoms with E-state index in [1.54, 1.807) is 19.6 Å². The Morgan fingerprint density at radius 3 is 2.85 bits per heavy atom. The third-order valence-corrected chi connectivity index (χ3v) is 2.78. The molecule has 0 fully saturated rings. The summed E-state index contributed by atoms with van der Waals surface area (Å²) in [5.74, 6) is 1.23. The van der Waals surface area contributed by atoms with Crippen molar-refractivity contribution >= 4 is 11.6 Å². The van der Waals surface area contributed by atoms with E-state index in [2.05, 4.69) is 15.3 Å². The van der Waals surface area contributed by atoms with Gasteiger partial charge in [0.2, 0.25) is 0 Å². The van der Waals surface area contributed by atoms with Crippen molar-refractivity contribution in [3.05, 3.63) is 43.0 Å². The average molecular weight is 273 g/mol. The van der Waals surface area contributed by atoms with Crippen LogP contribution in [0.15, 0.2) is 48.0 Å². The van der Waals surface area contributed by atoms with Crippen molar-refractivity contribution in [1.82, 2.24) is 9.55 Å². The second-order valence-corrected chi connectivity index (χ2v) is 4.27. The lowest BCUT2D eigenvalue weighted by molar-refractivity contribution is 0.415. The van der Waals surface area contributed by atoms with E-state index in [4.69, 9.17) is 10.5 Å². The number of rotatable bonds is 6. The number of ether oxygens (including phenoxy) is 1. The Hall–Kier alpha value is -2.50. The van der Waals surface area contributed by atoms with Crippen LogP contribution >= 0.6 is 0 Å². The molecule has 20 heavy (non-hydrogen) atoms. The Bertz CT molecular complexity index is 533. The number of nitrogens with zero attached hydrogens (tertiary/aromatic N) is 3. The molecule has 106 valence electrons. The highest BCUT2D eigenvalue weighted by Gasteiger charge is 1.96. The summed E-state index contributed by atoms with van der Waals surface area (Å²) >= 11 is 0. The number of nitrogens with two attached hydrogens (primary N) is 1. The Morgan fingerprint density at radius 2 is 2.20 bits per heavy atom. The van der Waals surface area contributed by atoms with Gasteiger partial charge in [0.1, 0.15) is 5.75 Å². The van der Waals surface area contributed by atoms with Gasteiger partial charge >= 0.3 is 0 Å². The molecule has 0 aliphatic heterocycles. The summed E-state index contributed by atoms with van der Waals surface area (Å²) in [5.41, 5.74) is 6.71. The number of hydrogen-bond donors (Lipinski definition) is 2. The van der Waals surface area contributed by atoms with Crippen LogP contribution in [0.4, 0.5) is 5.69 Å². The van der Waals surface area contributed by atoms with E-state index in [1.165, 1.54) is 0 Å². The van der Waals surface area contributed by atoms with Crippen LogP contribution < -0.4 is 15.8 Å². The molecular weight excluding hydrogens is 254 g/mol. The number of aromatic nitrogens is 2. The Kier molecular flexibility index (Phi) is 5.00. The highest BCUT2D eigenvalue weighted by molar-refractivity contribution is 5.92. The van der Waals surface area contributed by atoms with Crippen LogP contribution in [-0.4, -0.2) is 29.2 Å². The van der Waals surface area contributed by atoms with Crippen LogP contribution in [-0.2, 0) is 6.54 Å². The van der Waals surface area contributed by atoms with Crippen molar-refractivity contribution in [1.29, 1.82) is 0 Å². The van der Waals surface area contributed by atoms with E-state index >= 15 is 0 Å². The molecule has 0 unspecified atom stereocenters. The van der Waals surface area contributed by atoms with E-state index < -0.39 is 0 Å². The van der Waals surface area contributed by atoms with Gasteiger partial charge in [-0.05, 0) is 30.7 Å². The van der Waals surface area contributed by atoms with Crippen LogP contribution in [0.1, 0.15) is 6.42 Å². The van der Waals surface area contributed by atoms with Gasteiger partial charge < -0.3 is 20.4 Å². The second-order valence-electron chi connectivity index (χ2n) is 4.27. The van der Waals surface area contributed by atoms with Gasteiger partial charge in [0.05, 0.1) is 13.4 Å². The lowest BCUT2D eigenvalue weighted by Crippen LogP contribution is -2.22. The minimum absolute atomic E-state index is 0.417. The second kappa shape index (κ2) is 7.18. The lowest BCUT2D eigenvalue weighted by Gasteiger charge is -2.06. The number of anilines is 1. The van der Waals surface area contributed by atoms with Gasteiger partial charge in [-0.1, -0.05) is 0 Å². The maximum atomic E-state index is 5.82. The monoisotopic (exact) mass is 273 g/mol. The molecule has 1 aromatic carbocycles. The molecule has 1 heterocycles. The van der Waals surface area contributed by atoms with E-state index in [9.17, 15) is 0 Å². The molecule has 1 aromatic heterocycles. The minimum atomic E-state index is 0.417. The maximum Gasteiger partial charge on any atom is 0.193 e. The molecule has 0 bridgehead atoms. The molecule has 0 spiro atoms. The minimum Gasteiger partial charge on any atom is -0.497 e. The Morgan fingerprint density at radius 1 is 1.40 bits per heavy atom. The summed E-state index contributed by atoms with van der Waals surface area (Å²) in [4.78, 5) is 8.27. The predicted molar refractivity (Wildman–Crippen MR) is 80.0 cm³/mol. The number of hydrogen-bond acceptors (Lipinski definition) is 3. The summed E-state index contributed by atoms with van der Waals surface area (Å²) in [6.45, 7) is 1.56. The van der Waals surface area contributed by atoms with Gasteiger partial charge in [-0.25, -0.2) is 4.98 Å². The fraction of sp³-hybridized carbons (Fsp3) is 0.286. The van der Waals surface area contributed by atoms with Crippen LogP contribution in [0.25, 0.3) is 0 Å². The largest absolute Gasteiger partial charge is 0.497 e. The fourth-order valence-corrected chi connectivity index (χ4v) is 1.73. The van der Waals surface area contributed by atoms with Gasteiger partial charge in [-0.2, -0.15) is 0 Å².